The molecule has 0 saturated carbocycles. The van der Waals surface area contributed by atoms with E-state index in [9.17, 15) is 4.79 Å². The Morgan fingerprint density at radius 1 is 1.03 bits per heavy atom. The van der Waals surface area contributed by atoms with Crippen LogP contribution >= 0.6 is 15.9 Å². The van der Waals surface area contributed by atoms with Gasteiger partial charge in [0.05, 0.1) is 28.6 Å². The maximum atomic E-state index is 13.0. The lowest BCUT2D eigenvalue weighted by molar-refractivity contribution is -0.114. The van der Waals surface area contributed by atoms with Crippen LogP contribution in [0.1, 0.15) is 18.1 Å². The first-order valence-electron chi connectivity index (χ1n) is 9.78. The van der Waals surface area contributed by atoms with Crippen molar-refractivity contribution in [3.63, 3.8) is 0 Å². The molecule has 1 amide bonds. The lowest BCUT2D eigenvalue weighted by Crippen LogP contribution is -2.21. The van der Waals surface area contributed by atoms with E-state index < -0.39 is 0 Å². The number of carbonyl (C=O) groups excluding carboxylic acids is 1. The average molecular weight is 477 g/mol. The van der Waals surface area contributed by atoms with Gasteiger partial charge in [-0.05, 0) is 64.3 Å². The molecule has 0 N–H and O–H groups in total. The summed E-state index contributed by atoms with van der Waals surface area (Å²) in [5.74, 6) is 1.03. The lowest BCUT2D eigenvalue weighted by atomic mass is 10.1. The second kappa shape index (κ2) is 9.18. The summed E-state index contributed by atoms with van der Waals surface area (Å²) in [5.41, 5.74) is 3.80. The van der Waals surface area contributed by atoms with Gasteiger partial charge in [0.15, 0.2) is 11.5 Å². The number of ether oxygens (including phenoxy) is 2. The van der Waals surface area contributed by atoms with Gasteiger partial charge < -0.3 is 9.47 Å². The number of carbonyl (C=O) groups is 1. The van der Waals surface area contributed by atoms with Crippen molar-refractivity contribution in [2.24, 2.45) is 5.10 Å². The zero-order chi connectivity index (χ0) is 21.8. The number of hydrogen-bond donors (Lipinski definition) is 0. The third kappa shape index (κ3) is 4.54. The molecule has 0 radical (unpaired) electrons. The second-order valence-electron chi connectivity index (χ2n) is 7.00. The minimum atomic E-state index is -0.164. The molecule has 156 valence electrons. The Kier molecular flexibility index (Phi) is 6.18. The number of methoxy groups -OCH3 is 1. The second-order valence-corrected chi connectivity index (χ2v) is 7.86. The van der Waals surface area contributed by atoms with Crippen molar-refractivity contribution in [2.45, 2.75) is 13.5 Å². The summed E-state index contributed by atoms with van der Waals surface area (Å²) in [7, 11) is 1.60. The summed E-state index contributed by atoms with van der Waals surface area (Å²) in [4.78, 5) is 13.0. The largest absolute Gasteiger partial charge is 0.493 e. The van der Waals surface area contributed by atoms with Gasteiger partial charge in [0.25, 0.3) is 5.91 Å². The van der Waals surface area contributed by atoms with Crippen LogP contribution in [0.3, 0.4) is 0 Å². The Morgan fingerprint density at radius 2 is 1.71 bits per heavy atom. The molecule has 1 aliphatic rings. The molecule has 6 heteroatoms. The summed E-state index contributed by atoms with van der Waals surface area (Å²) in [5, 5.41) is 5.85. The molecule has 0 bridgehead atoms. The monoisotopic (exact) mass is 476 g/mol. The fourth-order valence-corrected chi connectivity index (χ4v) is 3.86. The molecule has 0 atom stereocenters. The van der Waals surface area contributed by atoms with Gasteiger partial charge >= 0.3 is 0 Å². The SMILES string of the molecule is COc1cc(/C=C2\C(=O)N(c3ccccc3)N=C2C)cc(Br)c1OCc1ccccc1. The molecule has 0 aliphatic carbocycles. The molecule has 0 fully saturated rings. The molecule has 3 aromatic rings. The van der Waals surface area contributed by atoms with Crippen LogP contribution in [0, 0.1) is 0 Å². The van der Waals surface area contributed by atoms with E-state index in [1.54, 1.807) is 7.11 Å². The molecule has 1 aliphatic heterocycles. The van der Waals surface area contributed by atoms with Gasteiger partial charge in [-0.3, -0.25) is 4.79 Å². The first kappa shape index (κ1) is 20.9. The van der Waals surface area contributed by atoms with Crippen molar-refractivity contribution in [2.75, 3.05) is 12.1 Å². The molecule has 31 heavy (non-hydrogen) atoms. The summed E-state index contributed by atoms with van der Waals surface area (Å²) in [6.07, 6.45) is 1.82. The van der Waals surface area contributed by atoms with E-state index in [0.717, 1.165) is 21.3 Å². The zero-order valence-corrected chi connectivity index (χ0v) is 18.8. The molecule has 0 spiro atoms. The van der Waals surface area contributed by atoms with Crippen LogP contribution in [-0.4, -0.2) is 18.7 Å². The Morgan fingerprint density at radius 3 is 2.39 bits per heavy atom. The molecule has 5 nitrogen and oxygen atoms in total. The Bertz CT molecular complexity index is 1160. The fraction of sp³-hybridized carbons (Fsp3) is 0.120. The van der Waals surface area contributed by atoms with Crippen molar-refractivity contribution in [3.8, 4) is 11.5 Å². The van der Waals surface area contributed by atoms with Crippen LogP contribution in [0.15, 0.2) is 87.9 Å². The fourth-order valence-electron chi connectivity index (χ4n) is 3.29. The molecule has 0 aromatic heterocycles. The zero-order valence-electron chi connectivity index (χ0n) is 17.2. The third-order valence-corrected chi connectivity index (χ3v) is 5.44. The van der Waals surface area contributed by atoms with Crippen LogP contribution in [0.2, 0.25) is 0 Å². The number of benzene rings is 3. The molecule has 0 saturated heterocycles. The highest BCUT2D eigenvalue weighted by atomic mass is 79.9. The number of hydrogen-bond acceptors (Lipinski definition) is 4. The van der Waals surface area contributed by atoms with E-state index in [2.05, 4.69) is 21.0 Å². The van der Waals surface area contributed by atoms with Gasteiger partial charge in [-0.25, -0.2) is 0 Å². The van der Waals surface area contributed by atoms with Crippen LogP contribution in [-0.2, 0) is 11.4 Å². The molecule has 0 unspecified atom stereocenters. The molecule has 1 heterocycles. The van der Waals surface area contributed by atoms with E-state index in [1.807, 2.05) is 85.8 Å². The predicted octanol–water partition coefficient (Wildman–Crippen LogP) is 5.84. The quantitative estimate of drug-likeness (QED) is 0.419. The van der Waals surface area contributed by atoms with Crippen LogP contribution in [0.5, 0.6) is 11.5 Å². The number of nitrogens with zero attached hydrogens (tertiary/aromatic N) is 2. The molecular weight excluding hydrogens is 456 g/mol. The van der Waals surface area contributed by atoms with E-state index in [0.29, 0.717) is 29.4 Å². The number of rotatable bonds is 6. The first-order valence-corrected chi connectivity index (χ1v) is 10.6. The standard InChI is InChI=1S/C25H21BrN2O3/c1-17-21(25(29)28(27-17)20-11-7-4-8-12-20)13-19-14-22(26)24(23(15-19)30-2)31-16-18-9-5-3-6-10-18/h3-15H,16H2,1-2H3/b21-13-. The highest BCUT2D eigenvalue weighted by Crippen LogP contribution is 2.38. The average Bonchev–Trinajstić information content (AvgIpc) is 3.07. The maximum Gasteiger partial charge on any atom is 0.280 e. The van der Waals surface area contributed by atoms with Crippen molar-refractivity contribution >= 4 is 39.3 Å². The molecular formula is C25H21BrN2O3. The van der Waals surface area contributed by atoms with Crippen molar-refractivity contribution in [1.29, 1.82) is 0 Å². The van der Waals surface area contributed by atoms with Crippen molar-refractivity contribution in [1.82, 2.24) is 0 Å². The molecule has 3 aromatic carbocycles. The van der Waals surface area contributed by atoms with E-state index in [1.165, 1.54) is 5.01 Å². The van der Waals surface area contributed by atoms with Gasteiger partial charge in [-0.15, -0.1) is 0 Å². The van der Waals surface area contributed by atoms with E-state index in [-0.39, 0.29) is 5.91 Å². The normalized spacial score (nSPS) is 14.7. The van der Waals surface area contributed by atoms with E-state index in [4.69, 9.17) is 9.47 Å². The predicted molar refractivity (Wildman–Crippen MR) is 126 cm³/mol. The van der Waals surface area contributed by atoms with Gasteiger partial charge in [0.2, 0.25) is 0 Å². The van der Waals surface area contributed by atoms with Gasteiger partial charge in [-0.2, -0.15) is 10.1 Å². The number of halogens is 1. The Hall–Kier alpha value is -3.38. The van der Waals surface area contributed by atoms with Gasteiger partial charge in [-0.1, -0.05) is 48.5 Å². The number of anilines is 1. The highest BCUT2D eigenvalue weighted by Gasteiger charge is 2.28. The number of amides is 1. The van der Waals surface area contributed by atoms with Crippen LogP contribution < -0.4 is 14.5 Å². The van der Waals surface area contributed by atoms with Crippen LogP contribution in [0.4, 0.5) is 5.69 Å². The van der Waals surface area contributed by atoms with E-state index >= 15 is 0 Å². The highest BCUT2D eigenvalue weighted by molar-refractivity contribution is 9.10. The lowest BCUT2D eigenvalue weighted by Gasteiger charge is -2.14. The smallest absolute Gasteiger partial charge is 0.280 e. The summed E-state index contributed by atoms with van der Waals surface area (Å²) < 4.78 is 12.3. The van der Waals surface area contributed by atoms with Gasteiger partial charge in [0, 0.05) is 0 Å². The topological polar surface area (TPSA) is 51.1 Å². The summed E-state index contributed by atoms with van der Waals surface area (Å²) in [6, 6.07) is 23.1. The van der Waals surface area contributed by atoms with Crippen LogP contribution in [0.25, 0.3) is 6.08 Å². The first-order chi connectivity index (χ1) is 15.1. The Labute approximate surface area is 189 Å². The minimum absolute atomic E-state index is 0.164. The summed E-state index contributed by atoms with van der Waals surface area (Å²) >= 11 is 3.58. The van der Waals surface area contributed by atoms with Crippen molar-refractivity contribution in [3.05, 3.63) is 94.0 Å². The van der Waals surface area contributed by atoms with Gasteiger partial charge in [0.1, 0.15) is 6.61 Å². The minimum Gasteiger partial charge on any atom is -0.493 e. The third-order valence-electron chi connectivity index (χ3n) is 4.85. The number of para-hydroxylation sites is 1. The summed E-state index contributed by atoms with van der Waals surface area (Å²) in [6.45, 7) is 2.25. The number of hydrazone groups is 1. The maximum absolute atomic E-state index is 13.0. The molecule has 4 rings (SSSR count). The van der Waals surface area contributed by atoms with Crippen molar-refractivity contribution < 1.29 is 14.3 Å². The Balaban J connectivity index is 1.60.